The van der Waals surface area contributed by atoms with E-state index >= 15 is 0 Å². The maximum absolute atomic E-state index is 5.12. The quantitative estimate of drug-likeness (QED) is 0.832. The van der Waals surface area contributed by atoms with Gasteiger partial charge >= 0.3 is 0 Å². The fourth-order valence-electron chi connectivity index (χ4n) is 2.37. The lowest BCUT2D eigenvalue weighted by atomic mass is 10.3. The van der Waals surface area contributed by atoms with Crippen LogP contribution in [-0.4, -0.2) is 42.7 Å². The zero-order valence-electron chi connectivity index (χ0n) is 11.4. The van der Waals surface area contributed by atoms with Crippen molar-refractivity contribution in [3.8, 4) is 5.88 Å². The molecule has 0 aliphatic carbocycles. The van der Waals surface area contributed by atoms with Crippen LogP contribution in [0.15, 0.2) is 18.2 Å². The molecule has 100 valence electrons. The number of ether oxygens (including phenoxy) is 1. The van der Waals surface area contributed by atoms with E-state index in [1.54, 1.807) is 7.11 Å². The van der Waals surface area contributed by atoms with Gasteiger partial charge in [0.25, 0.3) is 0 Å². The van der Waals surface area contributed by atoms with Crippen LogP contribution in [0, 0.1) is 0 Å². The molecule has 1 atom stereocenters. The summed E-state index contributed by atoms with van der Waals surface area (Å²) in [5.41, 5.74) is 1.03. The van der Waals surface area contributed by atoms with Crippen LogP contribution >= 0.6 is 0 Å². The molecule has 0 spiro atoms. The molecule has 0 aromatic carbocycles. The first-order valence-electron chi connectivity index (χ1n) is 6.73. The molecule has 0 amide bonds. The fourth-order valence-corrected chi connectivity index (χ4v) is 2.37. The Kier molecular flexibility index (Phi) is 4.96. The minimum atomic E-state index is 0.496. The molecule has 4 heteroatoms. The molecule has 2 heterocycles. The highest BCUT2D eigenvalue weighted by Crippen LogP contribution is 2.09. The number of hydrogen-bond acceptors (Lipinski definition) is 4. The Morgan fingerprint density at radius 2 is 2.17 bits per heavy atom. The number of nitrogens with one attached hydrogen (secondary N) is 1. The van der Waals surface area contributed by atoms with E-state index in [-0.39, 0.29) is 0 Å². The number of methoxy groups -OCH3 is 1. The SMILES string of the molecule is COc1cccc(CNC(C)CN2CCCC2)n1. The largest absolute Gasteiger partial charge is 0.481 e. The van der Waals surface area contributed by atoms with Crippen molar-refractivity contribution < 1.29 is 4.74 Å². The topological polar surface area (TPSA) is 37.4 Å². The highest BCUT2D eigenvalue weighted by molar-refractivity contribution is 5.15. The summed E-state index contributed by atoms with van der Waals surface area (Å²) in [5.74, 6) is 0.682. The molecule has 1 aromatic heterocycles. The van der Waals surface area contributed by atoms with E-state index in [0.29, 0.717) is 11.9 Å². The van der Waals surface area contributed by atoms with Crippen LogP contribution in [-0.2, 0) is 6.54 Å². The second-order valence-corrected chi connectivity index (χ2v) is 4.96. The Morgan fingerprint density at radius 3 is 2.89 bits per heavy atom. The molecular weight excluding hydrogens is 226 g/mol. The summed E-state index contributed by atoms with van der Waals surface area (Å²) < 4.78 is 5.12. The van der Waals surface area contributed by atoms with Crippen molar-refractivity contribution in [2.45, 2.75) is 32.4 Å². The summed E-state index contributed by atoms with van der Waals surface area (Å²) in [4.78, 5) is 6.92. The Labute approximate surface area is 109 Å². The first-order chi connectivity index (χ1) is 8.78. The predicted molar refractivity (Wildman–Crippen MR) is 72.8 cm³/mol. The van der Waals surface area contributed by atoms with Crippen molar-refractivity contribution >= 4 is 0 Å². The number of aromatic nitrogens is 1. The molecule has 1 aromatic rings. The van der Waals surface area contributed by atoms with Crippen LogP contribution in [0.1, 0.15) is 25.5 Å². The molecule has 18 heavy (non-hydrogen) atoms. The van der Waals surface area contributed by atoms with E-state index in [2.05, 4.69) is 22.1 Å². The van der Waals surface area contributed by atoms with Crippen LogP contribution in [0.4, 0.5) is 0 Å². The lowest BCUT2D eigenvalue weighted by Crippen LogP contribution is -2.37. The first kappa shape index (κ1) is 13.3. The van der Waals surface area contributed by atoms with Gasteiger partial charge in [-0.2, -0.15) is 0 Å². The molecule has 0 bridgehead atoms. The number of pyridine rings is 1. The number of likely N-dealkylation sites (tertiary alicyclic amines) is 1. The third-order valence-corrected chi connectivity index (χ3v) is 3.35. The third-order valence-electron chi connectivity index (χ3n) is 3.35. The lowest BCUT2D eigenvalue weighted by molar-refractivity contribution is 0.297. The van der Waals surface area contributed by atoms with Gasteiger partial charge in [0, 0.05) is 25.2 Å². The summed E-state index contributed by atoms with van der Waals surface area (Å²) in [6, 6.07) is 6.37. The fraction of sp³-hybridized carbons (Fsp3) is 0.643. The zero-order chi connectivity index (χ0) is 12.8. The smallest absolute Gasteiger partial charge is 0.213 e. The van der Waals surface area contributed by atoms with Crippen molar-refractivity contribution in [2.75, 3.05) is 26.7 Å². The summed E-state index contributed by atoms with van der Waals surface area (Å²) >= 11 is 0. The molecule has 1 aliphatic heterocycles. The van der Waals surface area contributed by atoms with Gasteiger partial charge in [-0.25, -0.2) is 4.98 Å². The first-order valence-corrected chi connectivity index (χ1v) is 6.73. The summed E-state index contributed by atoms with van der Waals surface area (Å²) in [6.07, 6.45) is 2.70. The minimum Gasteiger partial charge on any atom is -0.481 e. The van der Waals surface area contributed by atoms with Crippen LogP contribution in [0.2, 0.25) is 0 Å². The average molecular weight is 249 g/mol. The standard InChI is InChI=1S/C14H23N3O/c1-12(11-17-8-3-4-9-17)15-10-13-6-5-7-14(16-13)18-2/h5-7,12,15H,3-4,8-11H2,1-2H3. The summed E-state index contributed by atoms with van der Waals surface area (Å²) in [6.45, 7) is 6.67. The number of rotatable bonds is 6. The summed E-state index contributed by atoms with van der Waals surface area (Å²) in [5, 5.41) is 3.52. The van der Waals surface area contributed by atoms with Gasteiger partial charge in [0.2, 0.25) is 5.88 Å². The van der Waals surface area contributed by atoms with Crippen molar-refractivity contribution in [3.63, 3.8) is 0 Å². The highest BCUT2D eigenvalue weighted by Gasteiger charge is 2.14. The van der Waals surface area contributed by atoms with Gasteiger partial charge < -0.3 is 15.0 Å². The Morgan fingerprint density at radius 1 is 1.39 bits per heavy atom. The van der Waals surface area contributed by atoms with E-state index in [1.165, 1.54) is 25.9 Å². The molecule has 2 rings (SSSR count). The molecule has 1 saturated heterocycles. The van der Waals surface area contributed by atoms with Crippen LogP contribution in [0.5, 0.6) is 5.88 Å². The molecule has 1 fully saturated rings. The molecule has 1 aliphatic rings. The summed E-state index contributed by atoms with van der Waals surface area (Å²) in [7, 11) is 1.65. The average Bonchev–Trinajstić information content (AvgIpc) is 2.89. The van der Waals surface area contributed by atoms with Crippen LogP contribution in [0.25, 0.3) is 0 Å². The monoisotopic (exact) mass is 249 g/mol. The molecule has 4 nitrogen and oxygen atoms in total. The second kappa shape index (κ2) is 6.71. The maximum Gasteiger partial charge on any atom is 0.213 e. The van der Waals surface area contributed by atoms with Gasteiger partial charge in [0.05, 0.1) is 12.8 Å². The maximum atomic E-state index is 5.12. The van der Waals surface area contributed by atoms with Gasteiger partial charge in [0.15, 0.2) is 0 Å². The molecule has 1 N–H and O–H groups in total. The van der Waals surface area contributed by atoms with Gasteiger partial charge in [-0.1, -0.05) is 6.07 Å². The second-order valence-electron chi connectivity index (χ2n) is 4.96. The molecule has 0 radical (unpaired) electrons. The van der Waals surface area contributed by atoms with Crippen molar-refractivity contribution in [1.82, 2.24) is 15.2 Å². The van der Waals surface area contributed by atoms with Gasteiger partial charge in [0.1, 0.15) is 0 Å². The van der Waals surface area contributed by atoms with E-state index < -0.39 is 0 Å². The van der Waals surface area contributed by atoms with Crippen molar-refractivity contribution in [1.29, 1.82) is 0 Å². The van der Waals surface area contributed by atoms with E-state index in [4.69, 9.17) is 4.74 Å². The van der Waals surface area contributed by atoms with E-state index in [1.807, 2.05) is 18.2 Å². The Hall–Kier alpha value is -1.13. The molecule has 1 unspecified atom stereocenters. The van der Waals surface area contributed by atoms with Gasteiger partial charge in [-0.15, -0.1) is 0 Å². The highest BCUT2D eigenvalue weighted by atomic mass is 16.5. The van der Waals surface area contributed by atoms with E-state index in [9.17, 15) is 0 Å². The molecule has 0 saturated carbocycles. The van der Waals surface area contributed by atoms with Crippen molar-refractivity contribution in [2.24, 2.45) is 0 Å². The number of hydrogen-bond donors (Lipinski definition) is 1. The Bertz CT molecular complexity index is 364. The zero-order valence-corrected chi connectivity index (χ0v) is 11.4. The predicted octanol–water partition coefficient (Wildman–Crippen LogP) is 1.66. The van der Waals surface area contributed by atoms with E-state index in [0.717, 1.165) is 18.8 Å². The minimum absolute atomic E-state index is 0.496. The normalized spacial score (nSPS) is 17.9. The third kappa shape index (κ3) is 3.96. The van der Waals surface area contributed by atoms with Gasteiger partial charge in [-0.3, -0.25) is 0 Å². The van der Waals surface area contributed by atoms with Crippen LogP contribution < -0.4 is 10.1 Å². The van der Waals surface area contributed by atoms with Crippen LogP contribution in [0.3, 0.4) is 0 Å². The number of nitrogens with zero attached hydrogens (tertiary/aromatic N) is 2. The van der Waals surface area contributed by atoms with Crippen molar-refractivity contribution in [3.05, 3.63) is 23.9 Å². The van der Waals surface area contributed by atoms with Gasteiger partial charge in [-0.05, 0) is 38.9 Å². The Balaban J connectivity index is 1.75. The lowest BCUT2D eigenvalue weighted by Gasteiger charge is -2.21. The molecular formula is C14H23N3O.